The van der Waals surface area contributed by atoms with Crippen LogP contribution in [0.5, 0.6) is 11.5 Å². The summed E-state index contributed by atoms with van der Waals surface area (Å²) >= 11 is 0. The number of hydrogen-bond donors (Lipinski definition) is 1. The van der Waals surface area contributed by atoms with Gasteiger partial charge in [0.15, 0.2) is 0 Å². The largest absolute Gasteiger partial charge is 0.489 e. The first-order valence-electron chi connectivity index (χ1n) is 8.86. The number of benzene rings is 3. The quantitative estimate of drug-likeness (QED) is 0.504. The first-order valence-corrected chi connectivity index (χ1v) is 8.86. The second-order valence-electron chi connectivity index (χ2n) is 6.18. The van der Waals surface area contributed by atoms with Crippen molar-refractivity contribution < 1.29 is 19.1 Å². The van der Waals surface area contributed by atoms with Crippen LogP contribution in [0.2, 0.25) is 0 Å². The number of amides is 1. The smallest absolute Gasteiger partial charge is 0.343 e. The highest BCUT2D eigenvalue weighted by Gasteiger charge is 2.10. The maximum absolute atomic E-state index is 12.4. The monoisotopic (exact) mass is 386 g/mol. The molecule has 6 heteroatoms. The highest BCUT2D eigenvalue weighted by molar-refractivity contribution is 5.92. The van der Waals surface area contributed by atoms with Gasteiger partial charge in [0.25, 0.3) is 0 Å². The van der Waals surface area contributed by atoms with Gasteiger partial charge in [-0.05, 0) is 48.5 Å². The summed E-state index contributed by atoms with van der Waals surface area (Å²) in [5, 5.41) is 11.8. The number of carbonyl (C=O) groups is 2. The maximum Gasteiger partial charge on any atom is 0.343 e. The molecular formula is C23H18N2O4. The Hall–Kier alpha value is -4.11. The summed E-state index contributed by atoms with van der Waals surface area (Å²) in [6.45, 7) is 1.63. The van der Waals surface area contributed by atoms with E-state index in [0.717, 1.165) is 5.56 Å². The van der Waals surface area contributed by atoms with Crippen molar-refractivity contribution in [2.24, 2.45) is 0 Å². The molecule has 0 saturated carbocycles. The van der Waals surface area contributed by atoms with E-state index in [1.54, 1.807) is 60.7 Å². The molecule has 0 heterocycles. The lowest BCUT2D eigenvalue weighted by Crippen LogP contribution is -2.09. The minimum Gasteiger partial charge on any atom is -0.489 e. The number of carbonyl (C=O) groups excluding carboxylic acids is 2. The first kappa shape index (κ1) is 19.6. The maximum atomic E-state index is 12.4. The highest BCUT2D eigenvalue weighted by atomic mass is 16.5. The number of esters is 1. The Morgan fingerprint density at radius 3 is 2.45 bits per heavy atom. The van der Waals surface area contributed by atoms with Gasteiger partial charge >= 0.3 is 5.97 Å². The third kappa shape index (κ3) is 5.44. The molecule has 0 aliphatic heterocycles. The molecule has 0 bridgehead atoms. The summed E-state index contributed by atoms with van der Waals surface area (Å²) in [4.78, 5) is 23.5. The van der Waals surface area contributed by atoms with Crippen molar-refractivity contribution in [2.45, 2.75) is 13.5 Å². The Morgan fingerprint density at radius 1 is 0.966 bits per heavy atom. The number of rotatable bonds is 6. The molecule has 3 rings (SSSR count). The molecule has 144 valence electrons. The van der Waals surface area contributed by atoms with E-state index in [-0.39, 0.29) is 12.5 Å². The van der Waals surface area contributed by atoms with E-state index < -0.39 is 5.97 Å². The SMILES string of the molecule is CC(=O)Nc1ccc(OC(=O)c2cccc(OCc3ccccc3C#N)c2)cc1. The minimum atomic E-state index is -0.528. The molecule has 0 spiro atoms. The molecule has 3 aromatic rings. The van der Waals surface area contributed by atoms with Crippen LogP contribution >= 0.6 is 0 Å². The van der Waals surface area contributed by atoms with Crippen molar-refractivity contribution in [3.8, 4) is 17.6 Å². The van der Waals surface area contributed by atoms with Crippen LogP contribution in [0.3, 0.4) is 0 Å². The van der Waals surface area contributed by atoms with E-state index in [1.165, 1.54) is 6.92 Å². The van der Waals surface area contributed by atoms with E-state index in [9.17, 15) is 9.59 Å². The van der Waals surface area contributed by atoms with Gasteiger partial charge in [0.1, 0.15) is 18.1 Å². The molecule has 3 aromatic carbocycles. The third-order valence-electron chi connectivity index (χ3n) is 3.99. The fraction of sp³-hybridized carbons (Fsp3) is 0.0870. The summed E-state index contributed by atoms with van der Waals surface area (Å²) in [5.74, 6) is 0.149. The summed E-state index contributed by atoms with van der Waals surface area (Å²) in [6, 6.07) is 22.4. The fourth-order valence-electron chi connectivity index (χ4n) is 2.60. The fourth-order valence-corrected chi connectivity index (χ4v) is 2.60. The van der Waals surface area contributed by atoms with E-state index in [2.05, 4.69) is 11.4 Å². The van der Waals surface area contributed by atoms with Gasteiger partial charge < -0.3 is 14.8 Å². The number of nitriles is 1. The molecule has 0 atom stereocenters. The van der Waals surface area contributed by atoms with Crippen LogP contribution in [-0.2, 0) is 11.4 Å². The van der Waals surface area contributed by atoms with E-state index in [0.29, 0.717) is 28.3 Å². The van der Waals surface area contributed by atoms with Gasteiger partial charge in [-0.2, -0.15) is 5.26 Å². The number of hydrogen-bond acceptors (Lipinski definition) is 5. The zero-order valence-corrected chi connectivity index (χ0v) is 15.7. The van der Waals surface area contributed by atoms with Gasteiger partial charge in [-0.3, -0.25) is 4.79 Å². The lowest BCUT2D eigenvalue weighted by atomic mass is 10.1. The number of nitrogens with zero attached hydrogens (tertiary/aromatic N) is 1. The van der Waals surface area contributed by atoms with Crippen LogP contribution in [-0.4, -0.2) is 11.9 Å². The summed E-state index contributed by atoms with van der Waals surface area (Å²) in [5.41, 5.74) is 2.26. The zero-order chi connectivity index (χ0) is 20.6. The van der Waals surface area contributed by atoms with E-state index >= 15 is 0 Å². The van der Waals surface area contributed by atoms with Crippen LogP contribution in [0.25, 0.3) is 0 Å². The predicted octanol–water partition coefficient (Wildman–Crippen LogP) is 4.31. The van der Waals surface area contributed by atoms with Gasteiger partial charge in [0.05, 0.1) is 17.2 Å². The van der Waals surface area contributed by atoms with Gasteiger partial charge in [0.2, 0.25) is 5.91 Å². The Morgan fingerprint density at radius 2 is 1.72 bits per heavy atom. The Balaban J connectivity index is 1.65. The van der Waals surface area contributed by atoms with Crippen molar-refractivity contribution in [1.82, 2.24) is 0 Å². The zero-order valence-electron chi connectivity index (χ0n) is 15.7. The molecule has 6 nitrogen and oxygen atoms in total. The van der Waals surface area contributed by atoms with Crippen molar-refractivity contribution in [3.63, 3.8) is 0 Å². The average Bonchev–Trinajstić information content (AvgIpc) is 2.73. The molecule has 0 fully saturated rings. The molecule has 0 aromatic heterocycles. The van der Waals surface area contributed by atoms with Crippen molar-refractivity contribution >= 4 is 17.6 Å². The molecule has 0 aliphatic carbocycles. The topological polar surface area (TPSA) is 88.4 Å². The standard InChI is InChI=1S/C23H18N2O4/c1-16(26)25-20-9-11-21(12-10-20)29-23(27)17-7-4-8-22(13-17)28-15-19-6-3-2-5-18(19)14-24/h2-13H,15H2,1H3,(H,25,26). The molecule has 0 radical (unpaired) electrons. The Labute approximate surface area is 168 Å². The second kappa shape index (κ2) is 9.20. The minimum absolute atomic E-state index is 0.177. The van der Waals surface area contributed by atoms with Gasteiger partial charge in [-0.15, -0.1) is 0 Å². The Bertz CT molecular complexity index is 1070. The van der Waals surface area contributed by atoms with Crippen LogP contribution in [0, 0.1) is 11.3 Å². The van der Waals surface area contributed by atoms with Crippen LogP contribution < -0.4 is 14.8 Å². The van der Waals surface area contributed by atoms with Crippen LogP contribution in [0.15, 0.2) is 72.8 Å². The molecule has 0 unspecified atom stereocenters. The molecular weight excluding hydrogens is 368 g/mol. The Kier molecular flexibility index (Phi) is 6.23. The number of ether oxygens (including phenoxy) is 2. The third-order valence-corrected chi connectivity index (χ3v) is 3.99. The first-order chi connectivity index (χ1) is 14.0. The van der Waals surface area contributed by atoms with Crippen molar-refractivity contribution in [3.05, 3.63) is 89.5 Å². The molecule has 1 N–H and O–H groups in total. The molecule has 0 saturated heterocycles. The van der Waals surface area contributed by atoms with Crippen LogP contribution in [0.4, 0.5) is 5.69 Å². The molecule has 0 aliphatic rings. The van der Waals surface area contributed by atoms with E-state index in [4.69, 9.17) is 14.7 Å². The van der Waals surface area contributed by atoms with Gasteiger partial charge in [0, 0.05) is 18.2 Å². The van der Waals surface area contributed by atoms with Crippen LogP contribution in [0.1, 0.15) is 28.4 Å². The van der Waals surface area contributed by atoms with Gasteiger partial charge in [-0.25, -0.2) is 4.79 Å². The van der Waals surface area contributed by atoms with Gasteiger partial charge in [-0.1, -0.05) is 24.3 Å². The summed E-state index contributed by atoms with van der Waals surface area (Å²) < 4.78 is 11.1. The summed E-state index contributed by atoms with van der Waals surface area (Å²) in [7, 11) is 0. The molecule has 29 heavy (non-hydrogen) atoms. The second-order valence-corrected chi connectivity index (χ2v) is 6.18. The number of anilines is 1. The van der Waals surface area contributed by atoms with E-state index in [1.807, 2.05) is 12.1 Å². The lowest BCUT2D eigenvalue weighted by Gasteiger charge is -2.09. The number of nitrogens with one attached hydrogen (secondary N) is 1. The molecule has 1 amide bonds. The lowest BCUT2D eigenvalue weighted by molar-refractivity contribution is -0.114. The average molecular weight is 386 g/mol. The summed E-state index contributed by atoms with van der Waals surface area (Å²) in [6.07, 6.45) is 0. The van der Waals surface area contributed by atoms with Crippen molar-refractivity contribution in [1.29, 1.82) is 5.26 Å². The predicted molar refractivity (Wildman–Crippen MR) is 108 cm³/mol. The van der Waals surface area contributed by atoms with Crippen molar-refractivity contribution in [2.75, 3.05) is 5.32 Å². The highest BCUT2D eigenvalue weighted by Crippen LogP contribution is 2.20. The normalized spacial score (nSPS) is 9.93.